The van der Waals surface area contributed by atoms with Crippen molar-refractivity contribution in [3.05, 3.63) is 27.8 Å². The van der Waals surface area contributed by atoms with Crippen molar-refractivity contribution in [3.63, 3.8) is 0 Å². The first-order chi connectivity index (χ1) is 9.96. The minimum absolute atomic E-state index is 0.00779. The number of anilines is 1. The molecular formula is C14H16F2N2O3. The Morgan fingerprint density at radius 1 is 1.29 bits per heavy atom. The van der Waals surface area contributed by atoms with E-state index in [9.17, 15) is 18.9 Å². The molecule has 2 aliphatic heterocycles. The van der Waals surface area contributed by atoms with Gasteiger partial charge in [-0.1, -0.05) is 0 Å². The summed E-state index contributed by atoms with van der Waals surface area (Å²) in [5.41, 5.74) is 1.36. The normalized spacial score (nSPS) is 20.6. The van der Waals surface area contributed by atoms with Crippen molar-refractivity contribution in [3.8, 4) is 5.75 Å². The molecule has 0 saturated carbocycles. The van der Waals surface area contributed by atoms with E-state index in [1.165, 1.54) is 12.1 Å². The summed E-state index contributed by atoms with van der Waals surface area (Å²) >= 11 is 0. The Hall–Kier alpha value is -1.92. The first kappa shape index (κ1) is 14.0. The van der Waals surface area contributed by atoms with Gasteiger partial charge < -0.3 is 9.64 Å². The summed E-state index contributed by atoms with van der Waals surface area (Å²) in [6, 6.07) is 2.96. The van der Waals surface area contributed by atoms with Crippen molar-refractivity contribution in [1.82, 2.24) is 0 Å². The third-order valence-corrected chi connectivity index (χ3v) is 4.01. The monoisotopic (exact) mass is 298 g/mol. The fraction of sp³-hybridized carbons (Fsp3) is 0.571. The van der Waals surface area contributed by atoms with E-state index in [0.717, 1.165) is 12.0 Å². The summed E-state index contributed by atoms with van der Waals surface area (Å²) in [5, 5.41) is 11.1. The lowest BCUT2D eigenvalue weighted by atomic mass is 10.0. The molecule has 0 amide bonds. The average Bonchev–Trinajstić information content (AvgIpc) is 2.46. The van der Waals surface area contributed by atoms with E-state index < -0.39 is 10.8 Å². The maximum atomic E-state index is 13.3. The predicted molar refractivity (Wildman–Crippen MR) is 73.3 cm³/mol. The van der Waals surface area contributed by atoms with Crippen molar-refractivity contribution >= 4 is 11.4 Å². The van der Waals surface area contributed by atoms with Crippen LogP contribution in [0.4, 0.5) is 20.2 Å². The Morgan fingerprint density at radius 3 is 2.67 bits per heavy atom. The van der Waals surface area contributed by atoms with E-state index in [1.807, 2.05) is 0 Å². The highest BCUT2D eigenvalue weighted by atomic mass is 19.3. The fourth-order valence-electron chi connectivity index (χ4n) is 2.86. The van der Waals surface area contributed by atoms with E-state index in [-0.39, 0.29) is 31.6 Å². The van der Waals surface area contributed by atoms with E-state index in [4.69, 9.17) is 4.74 Å². The van der Waals surface area contributed by atoms with Gasteiger partial charge in [0.25, 0.3) is 11.6 Å². The van der Waals surface area contributed by atoms with Crippen LogP contribution in [0.2, 0.25) is 0 Å². The summed E-state index contributed by atoms with van der Waals surface area (Å²) < 4.78 is 32.2. The maximum Gasteiger partial charge on any atom is 0.272 e. The van der Waals surface area contributed by atoms with Crippen LogP contribution in [-0.4, -0.2) is 30.5 Å². The topological polar surface area (TPSA) is 55.6 Å². The predicted octanol–water partition coefficient (Wildman–Crippen LogP) is 3.16. The fourth-order valence-corrected chi connectivity index (χ4v) is 2.86. The first-order valence-electron chi connectivity index (χ1n) is 7.03. The van der Waals surface area contributed by atoms with Gasteiger partial charge in [0, 0.05) is 43.6 Å². The number of alkyl halides is 2. The molecular weight excluding hydrogens is 282 g/mol. The average molecular weight is 298 g/mol. The SMILES string of the molecule is O=[N+]([O-])c1cc2c(c(N3CCC(F)(F)CC3)c1)OCCC2. The molecule has 1 aromatic carbocycles. The van der Waals surface area contributed by atoms with Gasteiger partial charge in [0.1, 0.15) is 5.75 Å². The molecule has 0 aliphatic carbocycles. The van der Waals surface area contributed by atoms with Crippen molar-refractivity contribution in [2.24, 2.45) is 0 Å². The number of ether oxygens (including phenoxy) is 1. The maximum absolute atomic E-state index is 13.3. The Bertz CT molecular complexity index is 568. The lowest BCUT2D eigenvalue weighted by Crippen LogP contribution is -2.39. The summed E-state index contributed by atoms with van der Waals surface area (Å²) in [6.45, 7) is 0.926. The van der Waals surface area contributed by atoms with E-state index >= 15 is 0 Å². The minimum Gasteiger partial charge on any atom is -0.491 e. The van der Waals surface area contributed by atoms with Crippen molar-refractivity contribution in [1.29, 1.82) is 0 Å². The number of hydrogen-bond acceptors (Lipinski definition) is 4. The van der Waals surface area contributed by atoms with Gasteiger partial charge >= 0.3 is 0 Å². The molecule has 0 radical (unpaired) electrons. The van der Waals surface area contributed by atoms with Crippen molar-refractivity contribution in [2.45, 2.75) is 31.6 Å². The Morgan fingerprint density at radius 2 is 2.00 bits per heavy atom. The quantitative estimate of drug-likeness (QED) is 0.621. The van der Waals surface area contributed by atoms with Gasteiger partial charge in [0.05, 0.1) is 17.2 Å². The Kier molecular flexibility index (Phi) is 3.43. The molecule has 7 heteroatoms. The molecule has 1 aromatic rings. The van der Waals surface area contributed by atoms with E-state index in [2.05, 4.69) is 0 Å². The third-order valence-electron chi connectivity index (χ3n) is 4.01. The molecule has 1 saturated heterocycles. The van der Waals surface area contributed by atoms with Gasteiger partial charge in [-0.25, -0.2) is 8.78 Å². The van der Waals surface area contributed by atoms with Gasteiger partial charge in [0.15, 0.2) is 0 Å². The van der Waals surface area contributed by atoms with Crippen LogP contribution in [0.25, 0.3) is 0 Å². The molecule has 5 nitrogen and oxygen atoms in total. The molecule has 3 rings (SSSR count). The number of nitro benzene ring substituents is 1. The van der Waals surface area contributed by atoms with Crippen LogP contribution in [0.15, 0.2) is 12.1 Å². The molecule has 2 heterocycles. The van der Waals surface area contributed by atoms with Gasteiger partial charge in [-0.15, -0.1) is 0 Å². The number of aryl methyl sites for hydroxylation is 1. The van der Waals surface area contributed by atoms with Gasteiger partial charge in [-0.05, 0) is 12.8 Å². The molecule has 0 spiro atoms. The van der Waals surface area contributed by atoms with Gasteiger partial charge in [-0.2, -0.15) is 0 Å². The zero-order valence-corrected chi connectivity index (χ0v) is 11.5. The second-order valence-corrected chi connectivity index (χ2v) is 5.51. The molecule has 0 atom stereocenters. The highest BCUT2D eigenvalue weighted by molar-refractivity contribution is 5.67. The summed E-state index contributed by atoms with van der Waals surface area (Å²) in [4.78, 5) is 12.4. The van der Waals surface area contributed by atoms with Crippen LogP contribution in [0.1, 0.15) is 24.8 Å². The molecule has 0 N–H and O–H groups in total. The highest BCUT2D eigenvalue weighted by Gasteiger charge is 2.35. The molecule has 21 heavy (non-hydrogen) atoms. The largest absolute Gasteiger partial charge is 0.491 e. The lowest BCUT2D eigenvalue weighted by Gasteiger charge is -2.35. The summed E-state index contributed by atoms with van der Waals surface area (Å²) in [7, 11) is 0. The summed E-state index contributed by atoms with van der Waals surface area (Å²) in [5.74, 6) is -2.02. The smallest absolute Gasteiger partial charge is 0.272 e. The zero-order chi connectivity index (χ0) is 15.0. The second kappa shape index (κ2) is 5.13. The van der Waals surface area contributed by atoms with E-state index in [0.29, 0.717) is 24.5 Å². The van der Waals surface area contributed by atoms with Gasteiger partial charge in [-0.3, -0.25) is 10.1 Å². The number of nitro groups is 1. The van der Waals surface area contributed by atoms with Crippen LogP contribution in [0.3, 0.4) is 0 Å². The molecule has 1 fully saturated rings. The highest BCUT2D eigenvalue weighted by Crippen LogP contribution is 2.41. The molecule has 0 unspecified atom stereocenters. The van der Waals surface area contributed by atoms with Crippen molar-refractivity contribution in [2.75, 3.05) is 24.6 Å². The Labute approximate surface area is 120 Å². The zero-order valence-electron chi connectivity index (χ0n) is 11.5. The van der Waals surface area contributed by atoms with Crippen LogP contribution >= 0.6 is 0 Å². The van der Waals surface area contributed by atoms with Crippen LogP contribution < -0.4 is 9.64 Å². The molecule has 0 bridgehead atoms. The third kappa shape index (κ3) is 2.77. The second-order valence-electron chi connectivity index (χ2n) is 5.51. The number of benzene rings is 1. The standard InChI is InChI=1S/C14H16F2N2O3/c15-14(16)3-5-17(6-4-14)12-9-11(18(19)20)8-10-2-1-7-21-13(10)12/h8-9H,1-7H2. The molecule has 0 aromatic heterocycles. The summed E-state index contributed by atoms with van der Waals surface area (Å²) in [6.07, 6.45) is 1.06. The van der Waals surface area contributed by atoms with Crippen LogP contribution in [0, 0.1) is 10.1 Å². The number of nitrogens with zero attached hydrogens (tertiary/aromatic N) is 2. The van der Waals surface area contributed by atoms with Crippen LogP contribution in [-0.2, 0) is 6.42 Å². The first-order valence-corrected chi connectivity index (χ1v) is 7.03. The lowest BCUT2D eigenvalue weighted by molar-refractivity contribution is -0.384. The number of halogens is 2. The number of piperidine rings is 1. The number of non-ortho nitro benzene ring substituents is 1. The molecule has 2 aliphatic rings. The number of fused-ring (bicyclic) bond motifs is 1. The van der Waals surface area contributed by atoms with E-state index in [1.54, 1.807) is 4.90 Å². The van der Waals surface area contributed by atoms with Crippen LogP contribution in [0.5, 0.6) is 5.75 Å². The number of hydrogen-bond donors (Lipinski definition) is 0. The minimum atomic E-state index is -2.64. The van der Waals surface area contributed by atoms with Gasteiger partial charge in [0.2, 0.25) is 0 Å². The Balaban J connectivity index is 1.96. The molecule has 114 valence electrons. The van der Waals surface area contributed by atoms with Crippen molar-refractivity contribution < 1.29 is 18.4 Å². The number of rotatable bonds is 2.